The summed E-state index contributed by atoms with van der Waals surface area (Å²) in [5.41, 5.74) is 0. The van der Waals surface area contributed by atoms with Crippen molar-refractivity contribution in [3.05, 3.63) is 0 Å². The van der Waals surface area contributed by atoms with E-state index in [2.05, 4.69) is 19.2 Å². The molecule has 1 aliphatic rings. The van der Waals surface area contributed by atoms with Crippen molar-refractivity contribution in [1.29, 1.82) is 0 Å². The van der Waals surface area contributed by atoms with Gasteiger partial charge in [0.25, 0.3) is 0 Å². The highest BCUT2D eigenvalue weighted by Crippen LogP contribution is 2.13. The zero-order valence-corrected chi connectivity index (χ0v) is 10.7. The summed E-state index contributed by atoms with van der Waals surface area (Å²) in [7, 11) is 0. The number of rotatable bonds is 6. The molecule has 3 heteroatoms. The highest BCUT2D eigenvalue weighted by atomic mass is 16.5. The summed E-state index contributed by atoms with van der Waals surface area (Å²) >= 11 is 0. The Kier molecular flexibility index (Phi) is 7.01. The quantitative estimate of drug-likeness (QED) is 0.731. The largest absolute Gasteiger partial charge is 0.392 e. The van der Waals surface area contributed by atoms with Gasteiger partial charge in [-0.25, -0.2) is 0 Å². The summed E-state index contributed by atoms with van der Waals surface area (Å²) in [4.78, 5) is 0. The van der Waals surface area contributed by atoms with E-state index in [1.807, 2.05) is 0 Å². The number of aliphatic hydroxyl groups excluding tert-OH is 1. The van der Waals surface area contributed by atoms with Crippen LogP contribution >= 0.6 is 0 Å². The smallest absolute Gasteiger partial charge is 0.0692 e. The van der Waals surface area contributed by atoms with Crippen molar-refractivity contribution >= 4 is 0 Å². The molecule has 0 bridgehead atoms. The molecule has 0 aromatic carbocycles. The van der Waals surface area contributed by atoms with Crippen LogP contribution in [0.1, 0.15) is 46.0 Å². The molecule has 2 unspecified atom stereocenters. The lowest BCUT2D eigenvalue weighted by molar-refractivity contribution is 0.0965. The van der Waals surface area contributed by atoms with Gasteiger partial charge in [0.05, 0.1) is 6.10 Å². The van der Waals surface area contributed by atoms with Crippen molar-refractivity contribution in [2.24, 2.45) is 5.92 Å². The topological polar surface area (TPSA) is 41.5 Å². The predicted molar refractivity (Wildman–Crippen MR) is 66.5 cm³/mol. The van der Waals surface area contributed by atoms with Gasteiger partial charge in [0.2, 0.25) is 0 Å². The lowest BCUT2D eigenvalue weighted by atomic mass is 9.96. The van der Waals surface area contributed by atoms with Crippen molar-refractivity contribution in [2.45, 2.75) is 58.1 Å². The van der Waals surface area contributed by atoms with E-state index in [9.17, 15) is 5.11 Å². The standard InChI is InChI=1S/C13H27NO2/c1-3-11(4-2)13(15)10-14-12-6-5-8-16-9-7-12/h11-15H,3-10H2,1-2H3. The Hall–Kier alpha value is -0.120. The van der Waals surface area contributed by atoms with E-state index in [-0.39, 0.29) is 6.10 Å². The van der Waals surface area contributed by atoms with Crippen LogP contribution in [0, 0.1) is 5.92 Å². The predicted octanol–water partition coefficient (Wildman–Crippen LogP) is 1.94. The van der Waals surface area contributed by atoms with Crippen LogP contribution in [0.5, 0.6) is 0 Å². The highest BCUT2D eigenvalue weighted by molar-refractivity contribution is 4.74. The lowest BCUT2D eigenvalue weighted by Gasteiger charge is -2.23. The third-order valence-electron chi connectivity index (χ3n) is 3.66. The molecule has 0 aromatic rings. The Morgan fingerprint density at radius 1 is 1.25 bits per heavy atom. The van der Waals surface area contributed by atoms with Gasteiger partial charge in [-0.05, 0) is 25.2 Å². The van der Waals surface area contributed by atoms with Crippen molar-refractivity contribution in [2.75, 3.05) is 19.8 Å². The molecular formula is C13H27NO2. The van der Waals surface area contributed by atoms with E-state index < -0.39 is 0 Å². The Morgan fingerprint density at radius 3 is 2.69 bits per heavy atom. The van der Waals surface area contributed by atoms with Gasteiger partial charge in [0.1, 0.15) is 0 Å². The summed E-state index contributed by atoms with van der Waals surface area (Å²) in [5, 5.41) is 13.5. The fourth-order valence-electron chi connectivity index (χ4n) is 2.39. The van der Waals surface area contributed by atoms with Gasteiger partial charge in [-0.3, -0.25) is 0 Å². The minimum atomic E-state index is -0.195. The number of ether oxygens (including phenoxy) is 1. The molecule has 96 valence electrons. The average molecular weight is 229 g/mol. The van der Waals surface area contributed by atoms with E-state index in [4.69, 9.17) is 4.74 Å². The fraction of sp³-hybridized carbons (Fsp3) is 1.00. The zero-order valence-electron chi connectivity index (χ0n) is 10.7. The first-order valence-electron chi connectivity index (χ1n) is 6.77. The van der Waals surface area contributed by atoms with Gasteiger partial charge in [-0.2, -0.15) is 0 Å². The first kappa shape index (κ1) is 13.9. The molecule has 1 rings (SSSR count). The maximum absolute atomic E-state index is 10.0. The van der Waals surface area contributed by atoms with Gasteiger partial charge < -0.3 is 15.2 Å². The molecule has 1 fully saturated rings. The third-order valence-corrected chi connectivity index (χ3v) is 3.66. The third kappa shape index (κ3) is 4.81. The minimum Gasteiger partial charge on any atom is -0.392 e. The van der Waals surface area contributed by atoms with E-state index in [0.717, 1.165) is 45.4 Å². The van der Waals surface area contributed by atoms with Crippen LogP contribution in [-0.4, -0.2) is 37.0 Å². The van der Waals surface area contributed by atoms with Crippen molar-refractivity contribution in [3.8, 4) is 0 Å². The first-order valence-corrected chi connectivity index (χ1v) is 6.77. The molecule has 3 nitrogen and oxygen atoms in total. The van der Waals surface area contributed by atoms with Crippen molar-refractivity contribution in [1.82, 2.24) is 5.32 Å². The normalized spacial score (nSPS) is 24.4. The zero-order chi connectivity index (χ0) is 11.8. The van der Waals surface area contributed by atoms with Gasteiger partial charge in [0, 0.05) is 25.8 Å². The second kappa shape index (κ2) is 8.04. The Bertz CT molecular complexity index is 161. The van der Waals surface area contributed by atoms with Gasteiger partial charge in [-0.15, -0.1) is 0 Å². The molecular weight excluding hydrogens is 202 g/mol. The van der Waals surface area contributed by atoms with Crippen LogP contribution < -0.4 is 5.32 Å². The SMILES string of the molecule is CCC(CC)C(O)CNC1CCCOCC1. The Balaban J connectivity index is 2.21. The number of nitrogens with one attached hydrogen (secondary N) is 1. The van der Waals surface area contributed by atoms with Crippen LogP contribution in [0.3, 0.4) is 0 Å². The van der Waals surface area contributed by atoms with E-state index in [1.54, 1.807) is 0 Å². The van der Waals surface area contributed by atoms with Crippen LogP contribution in [0.4, 0.5) is 0 Å². The maximum atomic E-state index is 10.0. The molecule has 1 aliphatic heterocycles. The van der Waals surface area contributed by atoms with Gasteiger partial charge in [0.15, 0.2) is 0 Å². The second-order valence-corrected chi connectivity index (χ2v) is 4.79. The second-order valence-electron chi connectivity index (χ2n) is 4.79. The lowest BCUT2D eigenvalue weighted by Crippen LogP contribution is -2.38. The molecule has 0 amide bonds. The molecule has 1 saturated heterocycles. The van der Waals surface area contributed by atoms with Crippen molar-refractivity contribution in [3.63, 3.8) is 0 Å². The molecule has 2 N–H and O–H groups in total. The molecule has 0 spiro atoms. The van der Waals surface area contributed by atoms with E-state index >= 15 is 0 Å². The van der Waals surface area contributed by atoms with Crippen LogP contribution in [-0.2, 0) is 4.74 Å². The van der Waals surface area contributed by atoms with Crippen LogP contribution in [0.25, 0.3) is 0 Å². The Morgan fingerprint density at radius 2 is 2.00 bits per heavy atom. The summed E-state index contributed by atoms with van der Waals surface area (Å²) in [6.45, 7) is 6.79. The Labute approximate surface area is 99.6 Å². The summed E-state index contributed by atoms with van der Waals surface area (Å²) < 4.78 is 5.42. The van der Waals surface area contributed by atoms with E-state index in [0.29, 0.717) is 12.0 Å². The molecule has 0 aromatic heterocycles. The summed E-state index contributed by atoms with van der Waals surface area (Å²) in [5.74, 6) is 0.439. The molecule has 16 heavy (non-hydrogen) atoms. The molecule has 0 radical (unpaired) electrons. The molecule has 0 aliphatic carbocycles. The average Bonchev–Trinajstić information content (AvgIpc) is 2.56. The van der Waals surface area contributed by atoms with E-state index in [1.165, 1.54) is 6.42 Å². The summed E-state index contributed by atoms with van der Waals surface area (Å²) in [6, 6.07) is 0.534. The minimum absolute atomic E-state index is 0.195. The monoisotopic (exact) mass is 229 g/mol. The maximum Gasteiger partial charge on any atom is 0.0692 e. The summed E-state index contributed by atoms with van der Waals surface area (Å²) in [6.07, 6.45) is 5.32. The number of aliphatic hydroxyl groups is 1. The first-order chi connectivity index (χ1) is 7.77. The number of hydrogen-bond acceptors (Lipinski definition) is 3. The molecule has 1 heterocycles. The molecule has 2 atom stereocenters. The highest BCUT2D eigenvalue weighted by Gasteiger charge is 2.18. The molecule has 0 saturated carbocycles. The van der Waals surface area contributed by atoms with Gasteiger partial charge in [-0.1, -0.05) is 26.7 Å². The van der Waals surface area contributed by atoms with Gasteiger partial charge >= 0.3 is 0 Å². The number of hydrogen-bond donors (Lipinski definition) is 2. The van der Waals surface area contributed by atoms with Crippen LogP contribution in [0.15, 0.2) is 0 Å². The van der Waals surface area contributed by atoms with Crippen LogP contribution in [0.2, 0.25) is 0 Å². The van der Waals surface area contributed by atoms with Crippen molar-refractivity contribution < 1.29 is 9.84 Å². The fourth-order valence-corrected chi connectivity index (χ4v) is 2.39.